The maximum Gasteiger partial charge on any atom is 0.233 e. The Balaban J connectivity index is 1.62. The number of aliphatic hydroxyl groups excluding tert-OH is 1. The molecule has 21 heavy (non-hydrogen) atoms. The summed E-state index contributed by atoms with van der Waals surface area (Å²) in [4.78, 5) is 26.6. The number of alkyl halides is 1. The summed E-state index contributed by atoms with van der Waals surface area (Å²) in [6, 6.07) is 9.57. The van der Waals surface area contributed by atoms with E-state index in [2.05, 4.69) is 15.9 Å². The monoisotopic (exact) mass is 349 g/mol. The molecule has 1 saturated heterocycles. The number of carbonyl (C=O) groups excluding carboxylic acids is 2. The summed E-state index contributed by atoms with van der Waals surface area (Å²) in [7, 11) is 0. The number of carbonyl (C=O) groups is 2. The van der Waals surface area contributed by atoms with Crippen LogP contribution in [0.2, 0.25) is 0 Å². The smallest absolute Gasteiger partial charge is 0.233 e. The summed E-state index contributed by atoms with van der Waals surface area (Å²) in [5, 5.41) is 10.2. The maximum atomic E-state index is 12.6. The molecule has 1 N–H and O–H groups in total. The van der Waals surface area contributed by atoms with Crippen LogP contribution in [0.4, 0.5) is 0 Å². The van der Waals surface area contributed by atoms with Crippen LogP contribution >= 0.6 is 15.9 Å². The van der Waals surface area contributed by atoms with Crippen LogP contribution in [0.25, 0.3) is 0 Å². The lowest BCUT2D eigenvalue weighted by Crippen LogP contribution is -2.40. The Morgan fingerprint density at radius 2 is 1.71 bits per heavy atom. The van der Waals surface area contributed by atoms with E-state index in [1.807, 2.05) is 30.3 Å². The molecule has 2 saturated carbocycles. The lowest BCUT2D eigenvalue weighted by molar-refractivity contribution is -0.141. The summed E-state index contributed by atoms with van der Waals surface area (Å²) in [6.45, 7) is 0.341. The van der Waals surface area contributed by atoms with Gasteiger partial charge in [-0.2, -0.15) is 0 Å². The van der Waals surface area contributed by atoms with Gasteiger partial charge in [0.1, 0.15) is 0 Å². The number of nitrogens with zero attached hydrogens (tertiary/aromatic N) is 1. The molecule has 4 rings (SSSR count). The summed E-state index contributed by atoms with van der Waals surface area (Å²) in [6.07, 6.45) is 0.271. The van der Waals surface area contributed by atoms with Gasteiger partial charge >= 0.3 is 0 Å². The van der Waals surface area contributed by atoms with Crippen LogP contribution in [-0.2, 0) is 16.1 Å². The van der Waals surface area contributed by atoms with Gasteiger partial charge in [-0.3, -0.25) is 14.5 Å². The molecule has 2 bridgehead atoms. The number of aliphatic hydroxyl groups is 1. The van der Waals surface area contributed by atoms with E-state index in [4.69, 9.17) is 0 Å². The van der Waals surface area contributed by atoms with Gasteiger partial charge in [-0.1, -0.05) is 46.3 Å². The van der Waals surface area contributed by atoms with E-state index in [-0.39, 0.29) is 40.3 Å². The molecule has 3 aliphatic rings. The number of fused-ring (bicyclic) bond motifs is 5. The van der Waals surface area contributed by atoms with E-state index in [1.54, 1.807) is 0 Å². The number of hydrogen-bond acceptors (Lipinski definition) is 3. The first-order chi connectivity index (χ1) is 10.1. The fourth-order valence-electron chi connectivity index (χ4n) is 4.37. The molecule has 4 nitrogen and oxygen atoms in total. The lowest BCUT2D eigenvalue weighted by Gasteiger charge is -2.29. The molecule has 6 atom stereocenters. The minimum atomic E-state index is -0.510. The number of hydrogen-bond donors (Lipinski definition) is 1. The predicted octanol–water partition coefficient (Wildman–Crippen LogP) is 1.56. The molecule has 1 aromatic carbocycles. The Labute approximate surface area is 131 Å². The second-order valence-electron chi connectivity index (χ2n) is 6.30. The first-order valence-electron chi connectivity index (χ1n) is 7.31. The van der Waals surface area contributed by atoms with Crippen molar-refractivity contribution in [3.8, 4) is 0 Å². The molecule has 0 aromatic heterocycles. The van der Waals surface area contributed by atoms with Crippen molar-refractivity contribution in [2.24, 2.45) is 23.7 Å². The number of rotatable bonds is 2. The summed E-state index contributed by atoms with van der Waals surface area (Å²) in [5.41, 5.74) is 0.961. The number of amides is 2. The first-order valence-corrected chi connectivity index (χ1v) is 8.22. The van der Waals surface area contributed by atoms with Crippen molar-refractivity contribution in [3.63, 3.8) is 0 Å². The van der Waals surface area contributed by atoms with Crippen molar-refractivity contribution < 1.29 is 14.7 Å². The van der Waals surface area contributed by atoms with E-state index < -0.39 is 6.10 Å². The zero-order valence-electron chi connectivity index (χ0n) is 11.4. The zero-order valence-corrected chi connectivity index (χ0v) is 12.9. The number of benzene rings is 1. The van der Waals surface area contributed by atoms with Gasteiger partial charge in [0.15, 0.2) is 0 Å². The van der Waals surface area contributed by atoms with Crippen molar-refractivity contribution in [2.45, 2.75) is 23.9 Å². The summed E-state index contributed by atoms with van der Waals surface area (Å²) in [5.74, 6) is -0.680. The van der Waals surface area contributed by atoms with Crippen molar-refractivity contribution in [1.29, 1.82) is 0 Å². The molecule has 110 valence electrons. The zero-order chi connectivity index (χ0) is 14.7. The SMILES string of the molecule is O=C1[C@H]2[C@@H]3C[C@H]([C@H](Br)[C@@H]3O)[C@@H]2C(=O)N1Cc1ccccc1. The third-order valence-corrected chi connectivity index (χ3v) is 6.53. The standard InChI is InChI=1S/C16H16BrNO3/c17-13-9-6-10(14(13)19)12-11(9)15(20)18(16(12)21)7-8-4-2-1-3-5-8/h1-5,9-14,19H,6-7H2/t9-,10-,11-,12-,13-,14+/m0/s1. The van der Waals surface area contributed by atoms with E-state index in [1.165, 1.54) is 4.90 Å². The molecule has 0 radical (unpaired) electrons. The quantitative estimate of drug-likeness (QED) is 0.651. The van der Waals surface area contributed by atoms with Crippen LogP contribution < -0.4 is 0 Å². The Morgan fingerprint density at radius 1 is 1.10 bits per heavy atom. The molecule has 1 aromatic rings. The predicted molar refractivity (Wildman–Crippen MR) is 79.3 cm³/mol. The number of halogens is 1. The molecular formula is C16H16BrNO3. The molecule has 0 spiro atoms. The third-order valence-electron chi connectivity index (χ3n) is 5.31. The van der Waals surface area contributed by atoms with Crippen LogP contribution in [0.1, 0.15) is 12.0 Å². The summed E-state index contributed by atoms with van der Waals surface area (Å²) >= 11 is 3.50. The highest BCUT2D eigenvalue weighted by Crippen LogP contribution is 2.58. The molecule has 1 aliphatic heterocycles. The molecule has 0 unspecified atom stereocenters. The van der Waals surface area contributed by atoms with Crippen LogP contribution in [0.5, 0.6) is 0 Å². The van der Waals surface area contributed by atoms with Gasteiger partial charge < -0.3 is 5.11 Å². The van der Waals surface area contributed by atoms with Crippen molar-refractivity contribution in [2.75, 3.05) is 0 Å². The van der Waals surface area contributed by atoms with Crippen LogP contribution in [0.15, 0.2) is 30.3 Å². The van der Waals surface area contributed by atoms with Crippen molar-refractivity contribution in [1.82, 2.24) is 4.90 Å². The van der Waals surface area contributed by atoms with E-state index in [9.17, 15) is 14.7 Å². The Bertz CT molecular complexity index is 573. The first kappa shape index (κ1) is 13.5. The average Bonchev–Trinajstić information content (AvgIpc) is 3.09. The van der Waals surface area contributed by atoms with E-state index in [0.29, 0.717) is 6.54 Å². The van der Waals surface area contributed by atoms with E-state index in [0.717, 1.165) is 12.0 Å². The van der Waals surface area contributed by atoms with Crippen LogP contribution in [0, 0.1) is 23.7 Å². The third kappa shape index (κ3) is 1.77. The summed E-state index contributed by atoms with van der Waals surface area (Å²) < 4.78 is 0. The fourth-order valence-corrected chi connectivity index (χ4v) is 5.31. The highest BCUT2D eigenvalue weighted by molar-refractivity contribution is 9.09. The fraction of sp³-hybridized carbons (Fsp3) is 0.500. The molecular weight excluding hydrogens is 334 g/mol. The second kappa shape index (κ2) is 4.65. The topological polar surface area (TPSA) is 57.6 Å². The van der Waals surface area contributed by atoms with Crippen LogP contribution in [0.3, 0.4) is 0 Å². The van der Waals surface area contributed by atoms with Gasteiger partial charge in [0.25, 0.3) is 0 Å². The van der Waals surface area contributed by atoms with Gasteiger partial charge in [-0.25, -0.2) is 0 Å². The Hall–Kier alpha value is -1.20. The van der Waals surface area contributed by atoms with Crippen molar-refractivity contribution >= 4 is 27.7 Å². The van der Waals surface area contributed by atoms with Gasteiger partial charge in [0, 0.05) is 4.83 Å². The van der Waals surface area contributed by atoms with E-state index >= 15 is 0 Å². The van der Waals surface area contributed by atoms with Gasteiger partial charge in [0.2, 0.25) is 11.8 Å². The Kier molecular flexibility index (Phi) is 2.98. The van der Waals surface area contributed by atoms with Gasteiger partial charge in [-0.15, -0.1) is 0 Å². The number of likely N-dealkylation sites (tertiary alicyclic amines) is 1. The molecule has 5 heteroatoms. The van der Waals surface area contributed by atoms with Crippen LogP contribution in [-0.4, -0.2) is 32.8 Å². The lowest BCUT2D eigenvalue weighted by atomic mass is 9.79. The molecule has 2 amide bonds. The van der Waals surface area contributed by atoms with Gasteiger partial charge in [-0.05, 0) is 23.8 Å². The molecule has 3 fully saturated rings. The molecule has 2 aliphatic carbocycles. The highest BCUT2D eigenvalue weighted by Gasteiger charge is 2.66. The maximum absolute atomic E-state index is 12.6. The van der Waals surface area contributed by atoms with Gasteiger partial charge in [0.05, 0.1) is 24.5 Å². The number of imide groups is 1. The minimum Gasteiger partial charge on any atom is -0.392 e. The largest absolute Gasteiger partial charge is 0.392 e. The highest BCUT2D eigenvalue weighted by atomic mass is 79.9. The normalized spacial score (nSPS) is 41.0. The van der Waals surface area contributed by atoms with Crippen molar-refractivity contribution in [3.05, 3.63) is 35.9 Å². The average molecular weight is 350 g/mol. The Morgan fingerprint density at radius 3 is 2.38 bits per heavy atom. The second-order valence-corrected chi connectivity index (χ2v) is 7.36. The minimum absolute atomic E-state index is 0.0577. The molecule has 1 heterocycles.